The van der Waals surface area contributed by atoms with E-state index >= 15 is 0 Å². The first-order valence-corrected chi connectivity index (χ1v) is 6.51. The number of phenols is 1. The molecule has 0 aliphatic carbocycles. The van der Waals surface area contributed by atoms with Crippen molar-refractivity contribution in [3.05, 3.63) is 58.3 Å². The molecule has 0 atom stereocenters. The number of hydrogen-bond donors (Lipinski definition) is 2. The zero-order valence-corrected chi connectivity index (χ0v) is 11.9. The molecule has 0 heterocycles. The molecule has 0 aromatic heterocycles. The lowest BCUT2D eigenvalue weighted by molar-refractivity contribution is 0.155. The molecule has 104 valence electrons. The standard InChI is InChI=1S/C14H11BrFNO3/c15-11-6-10(16)7-12(13(11)18)17-14(19)20-8-9-4-2-1-3-5-9/h1-7,18H,8H2,(H,17,19). The van der Waals surface area contributed by atoms with Crippen LogP contribution in [0.15, 0.2) is 46.9 Å². The number of carbonyl (C=O) groups is 1. The highest BCUT2D eigenvalue weighted by Crippen LogP contribution is 2.33. The summed E-state index contributed by atoms with van der Waals surface area (Å²) in [5.74, 6) is -0.851. The Morgan fingerprint density at radius 3 is 2.70 bits per heavy atom. The van der Waals surface area contributed by atoms with Gasteiger partial charge in [-0.25, -0.2) is 9.18 Å². The largest absolute Gasteiger partial charge is 0.505 e. The molecule has 20 heavy (non-hydrogen) atoms. The minimum absolute atomic E-state index is 0.0602. The third-order valence-electron chi connectivity index (χ3n) is 2.48. The van der Waals surface area contributed by atoms with Crippen molar-refractivity contribution >= 4 is 27.7 Å². The quantitative estimate of drug-likeness (QED) is 0.829. The average Bonchev–Trinajstić information content (AvgIpc) is 2.43. The van der Waals surface area contributed by atoms with Crippen LogP contribution in [0.3, 0.4) is 0 Å². The van der Waals surface area contributed by atoms with Crippen LogP contribution >= 0.6 is 15.9 Å². The molecule has 2 aromatic carbocycles. The number of rotatable bonds is 3. The van der Waals surface area contributed by atoms with E-state index in [0.717, 1.165) is 17.7 Å². The van der Waals surface area contributed by atoms with Gasteiger partial charge < -0.3 is 9.84 Å². The molecule has 0 saturated carbocycles. The molecule has 4 nitrogen and oxygen atoms in total. The highest BCUT2D eigenvalue weighted by molar-refractivity contribution is 9.10. The zero-order chi connectivity index (χ0) is 14.5. The molecule has 0 bridgehead atoms. The molecule has 0 spiro atoms. The van der Waals surface area contributed by atoms with E-state index in [-0.39, 0.29) is 22.5 Å². The molecule has 0 saturated heterocycles. The summed E-state index contributed by atoms with van der Waals surface area (Å²) in [6, 6.07) is 11.2. The van der Waals surface area contributed by atoms with Gasteiger partial charge >= 0.3 is 6.09 Å². The Labute approximate surface area is 123 Å². The van der Waals surface area contributed by atoms with Crippen molar-refractivity contribution in [2.75, 3.05) is 5.32 Å². The van der Waals surface area contributed by atoms with Gasteiger partial charge in [-0.3, -0.25) is 5.32 Å². The minimum Gasteiger partial charge on any atom is -0.505 e. The molecular weight excluding hydrogens is 329 g/mol. The van der Waals surface area contributed by atoms with Gasteiger partial charge in [0.2, 0.25) is 0 Å². The average molecular weight is 340 g/mol. The smallest absolute Gasteiger partial charge is 0.412 e. The summed E-state index contributed by atoms with van der Waals surface area (Å²) < 4.78 is 18.3. The van der Waals surface area contributed by atoms with E-state index in [1.807, 2.05) is 30.3 Å². The first kappa shape index (κ1) is 14.3. The number of ether oxygens (including phenoxy) is 1. The number of nitrogens with one attached hydrogen (secondary N) is 1. The van der Waals surface area contributed by atoms with Crippen molar-refractivity contribution in [2.24, 2.45) is 0 Å². The van der Waals surface area contributed by atoms with Crippen molar-refractivity contribution < 1.29 is 19.0 Å². The molecule has 0 unspecified atom stereocenters. The molecule has 2 rings (SSSR count). The number of halogens is 2. The first-order chi connectivity index (χ1) is 9.56. The maximum atomic E-state index is 13.2. The first-order valence-electron chi connectivity index (χ1n) is 5.72. The van der Waals surface area contributed by atoms with Crippen LogP contribution in [0.5, 0.6) is 5.75 Å². The van der Waals surface area contributed by atoms with Gasteiger partial charge in [0.1, 0.15) is 12.4 Å². The fourth-order valence-electron chi connectivity index (χ4n) is 1.53. The zero-order valence-electron chi connectivity index (χ0n) is 10.3. The summed E-state index contributed by atoms with van der Waals surface area (Å²) in [6.07, 6.45) is -0.776. The van der Waals surface area contributed by atoms with Crippen molar-refractivity contribution in [1.29, 1.82) is 0 Å². The van der Waals surface area contributed by atoms with Crippen LogP contribution < -0.4 is 5.32 Å². The van der Waals surface area contributed by atoms with E-state index in [1.54, 1.807) is 0 Å². The van der Waals surface area contributed by atoms with Gasteiger partial charge in [0.15, 0.2) is 5.75 Å². The monoisotopic (exact) mass is 339 g/mol. The Balaban J connectivity index is 1.98. The van der Waals surface area contributed by atoms with Crippen LogP contribution in [-0.2, 0) is 11.3 Å². The van der Waals surface area contributed by atoms with Crippen LogP contribution in [0, 0.1) is 5.82 Å². The van der Waals surface area contributed by atoms with E-state index in [9.17, 15) is 14.3 Å². The van der Waals surface area contributed by atoms with Crippen LogP contribution in [-0.4, -0.2) is 11.2 Å². The summed E-state index contributed by atoms with van der Waals surface area (Å²) in [5, 5.41) is 12.0. The molecule has 0 aliphatic heterocycles. The lowest BCUT2D eigenvalue weighted by atomic mass is 10.2. The Kier molecular flexibility index (Phi) is 4.57. The fourth-order valence-corrected chi connectivity index (χ4v) is 1.96. The summed E-state index contributed by atoms with van der Waals surface area (Å²) in [7, 11) is 0. The summed E-state index contributed by atoms with van der Waals surface area (Å²) in [5.41, 5.74) is 0.766. The van der Waals surface area contributed by atoms with Crippen LogP contribution in [0.2, 0.25) is 0 Å². The van der Waals surface area contributed by atoms with Crippen molar-refractivity contribution in [1.82, 2.24) is 0 Å². The van der Waals surface area contributed by atoms with E-state index in [2.05, 4.69) is 21.2 Å². The Hall–Kier alpha value is -2.08. The summed E-state index contributed by atoms with van der Waals surface area (Å²) in [6.45, 7) is 0.0872. The highest BCUT2D eigenvalue weighted by Gasteiger charge is 2.12. The van der Waals surface area contributed by atoms with Crippen molar-refractivity contribution in [2.45, 2.75) is 6.61 Å². The predicted octanol–water partition coefficient (Wildman–Crippen LogP) is 4.04. The topological polar surface area (TPSA) is 58.6 Å². The third kappa shape index (κ3) is 3.71. The summed E-state index contributed by atoms with van der Waals surface area (Å²) >= 11 is 2.98. The summed E-state index contributed by atoms with van der Waals surface area (Å²) in [4.78, 5) is 11.6. The van der Waals surface area contributed by atoms with Gasteiger partial charge in [0.25, 0.3) is 0 Å². The van der Waals surface area contributed by atoms with Gasteiger partial charge in [-0.1, -0.05) is 30.3 Å². The number of phenolic OH excluding ortho intramolecular Hbond substituents is 1. The second-order valence-electron chi connectivity index (χ2n) is 3.97. The normalized spacial score (nSPS) is 10.1. The maximum Gasteiger partial charge on any atom is 0.412 e. The van der Waals surface area contributed by atoms with Gasteiger partial charge in [-0.15, -0.1) is 0 Å². The molecule has 0 radical (unpaired) electrons. The second kappa shape index (κ2) is 6.38. The van der Waals surface area contributed by atoms with Crippen LogP contribution in [0.1, 0.15) is 5.56 Å². The van der Waals surface area contributed by atoms with E-state index in [4.69, 9.17) is 4.74 Å². The van der Waals surface area contributed by atoms with Crippen LogP contribution in [0.25, 0.3) is 0 Å². The van der Waals surface area contributed by atoms with Crippen molar-refractivity contribution in [3.63, 3.8) is 0 Å². The molecule has 1 amide bonds. The Bertz CT molecular complexity index is 619. The number of aromatic hydroxyl groups is 1. The molecular formula is C14H11BrFNO3. The molecule has 0 fully saturated rings. The molecule has 2 aromatic rings. The van der Waals surface area contributed by atoms with E-state index in [1.165, 1.54) is 0 Å². The SMILES string of the molecule is O=C(Nc1cc(F)cc(Br)c1O)OCc1ccccc1. The lowest BCUT2D eigenvalue weighted by Crippen LogP contribution is -2.13. The fraction of sp³-hybridized carbons (Fsp3) is 0.0714. The highest BCUT2D eigenvalue weighted by atomic mass is 79.9. The van der Waals surface area contributed by atoms with Gasteiger partial charge in [0, 0.05) is 6.07 Å². The van der Waals surface area contributed by atoms with Gasteiger partial charge in [-0.05, 0) is 27.6 Å². The van der Waals surface area contributed by atoms with Gasteiger partial charge in [0.05, 0.1) is 10.2 Å². The maximum absolute atomic E-state index is 13.2. The minimum atomic E-state index is -0.776. The molecule has 2 N–H and O–H groups in total. The number of benzene rings is 2. The predicted molar refractivity (Wildman–Crippen MR) is 76.0 cm³/mol. The molecule has 0 aliphatic rings. The number of carbonyl (C=O) groups excluding carboxylic acids is 1. The van der Waals surface area contributed by atoms with Crippen LogP contribution in [0.4, 0.5) is 14.9 Å². The third-order valence-corrected chi connectivity index (χ3v) is 3.08. The number of hydrogen-bond acceptors (Lipinski definition) is 3. The second-order valence-corrected chi connectivity index (χ2v) is 4.82. The number of amides is 1. The van der Waals surface area contributed by atoms with Crippen molar-refractivity contribution in [3.8, 4) is 5.75 Å². The van der Waals surface area contributed by atoms with E-state index in [0.29, 0.717) is 0 Å². The molecule has 6 heteroatoms. The number of anilines is 1. The van der Waals surface area contributed by atoms with Gasteiger partial charge in [-0.2, -0.15) is 0 Å². The Morgan fingerprint density at radius 1 is 1.30 bits per heavy atom. The lowest BCUT2D eigenvalue weighted by Gasteiger charge is -2.09. The van der Waals surface area contributed by atoms with E-state index < -0.39 is 11.9 Å². The Morgan fingerprint density at radius 2 is 2.00 bits per heavy atom.